The first-order chi connectivity index (χ1) is 9.46. The van der Waals surface area contributed by atoms with Crippen LogP contribution in [0.4, 0.5) is 8.78 Å². The summed E-state index contributed by atoms with van der Waals surface area (Å²) in [7, 11) is -2.32. The lowest BCUT2D eigenvalue weighted by Crippen LogP contribution is -2.42. The lowest BCUT2D eigenvalue weighted by molar-refractivity contribution is 0.262. The minimum absolute atomic E-state index is 0. The molecule has 0 radical (unpaired) electrons. The number of benzene rings is 1. The van der Waals surface area contributed by atoms with Crippen molar-refractivity contribution in [1.29, 1.82) is 0 Å². The fourth-order valence-electron chi connectivity index (χ4n) is 2.56. The molecule has 1 saturated heterocycles. The van der Waals surface area contributed by atoms with Crippen molar-refractivity contribution in [3.8, 4) is 0 Å². The van der Waals surface area contributed by atoms with E-state index in [0.29, 0.717) is 19.5 Å². The first-order valence-corrected chi connectivity index (χ1v) is 7.99. The molecule has 21 heavy (non-hydrogen) atoms. The second-order valence-corrected chi connectivity index (χ2v) is 6.85. The van der Waals surface area contributed by atoms with Crippen molar-refractivity contribution >= 4 is 22.4 Å². The molecule has 2 rings (SSSR count). The smallest absolute Gasteiger partial charge is 0.248 e. The van der Waals surface area contributed by atoms with E-state index in [1.54, 1.807) is 7.05 Å². The van der Waals surface area contributed by atoms with E-state index in [4.69, 9.17) is 0 Å². The van der Waals surface area contributed by atoms with Crippen LogP contribution in [0.25, 0.3) is 0 Å². The van der Waals surface area contributed by atoms with Gasteiger partial charge in [0.05, 0.1) is 0 Å². The molecule has 0 aliphatic carbocycles. The summed E-state index contributed by atoms with van der Waals surface area (Å²) in [5, 5.41) is 3.00. The molecule has 120 valence electrons. The molecule has 0 amide bonds. The van der Waals surface area contributed by atoms with Gasteiger partial charge in [0.25, 0.3) is 0 Å². The molecule has 0 aromatic heterocycles. The first kappa shape index (κ1) is 18.3. The van der Waals surface area contributed by atoms with Gasteiger partial charge in [0.1, 0.15) is 11.6 Å². The summed E-state index contributed by atoms with van der Waals surface area (Å²) in [6.45, 7) is 1.28. The molecule has 0 saturated carbocycles. The van der Waals surface area contributed by atoms with E-state index in [9.17, 15) is 17.2 Å². The van der Waals surface area contributed by atoms with Crippen molar-refractivity contribution in [3.05, 3.63) is 29.8 Å². The van der Waals surface area contributed by atoms with Crippen molar-refractivity contribution in [2.24, 2.45) is 5.92 Å². The lowest BCUT2D eigenvalue weighted by atomic mass is 10.00. The molecule has 4 nitrogen and oxygen atoms in total. The highest BCUT2D eigenvalue weighted by atomic mass is 35.5. The second-order valence-electron chi connectivity index (χ2n) is 4.98. The van der Waals surface area contributed by atoms with Crippen LogP contribution >= 0.6 is 12.4 Å². The molecule has 1 atom stereocenters. The number of halogens is 3. The van der Waals surface area contributed by atoms with Crippen LogP contribution in [0.3, 0.4) is 0 Å². The van der Waals surface area contributed by atoms with Gasteiger partial charge in [-0.3, -0.25) is 0 Å². The quantitative estimate of drug-likeness (QED) is 0.912. The zero-order valence-corrected chi connectivity index (χ0v) is 13.3. The van der Waals surface area contributed by atoms with Gasteiger partial charge in [0.2, 0.25) is 10.0 Å². The van der Waals surface area contributed by atoms with E-state index in [0.717, 1.165) is 24.6 Å². The Labute approximate surface area is 130 Å². The van der Waals surface area contributed by atoms with Crippen LogP contribution in [-0.4, -0.2) is 39.4 Å². The van der Waals surface area contributed by atoms with E-state index >= 15 is 0 Å². The molecular weight excluding hydrogens is 322 g/mol. The number of nitrogens with zero attached hydrogens (tertiary/aromatic N) is 1. The van der Waals surface area contributed by atoms with E-state index in [1.165, 1.54) is 4.31 Å². The van der Waals surface area contributed by atoms with Gasteiger partial charge in [0.15, 0.2) is 4.90 Å². The third-order valence-corrected chi connectivity index (χ3v) is 5.41. The summed E-state index contributed by atoms with van der Waals surface area (Å²) in [5.41, 5.74) is 0. The molecule has 1 aromatic carbocycles. The van der Waals surface area contributed by atoms with Crippen LogP contribution in [0, 0.1) is 17.6 Å². The number of rotatable bonds is 4. The van der Waals surface area contributed by atoms with Crippen molar-refractivity contribution < 1.29 is 17.2 Å². The van der Waals surface area contributed by atoms with E-state index < -0.39 is 26.6 Å². The zero-order valence-electron chi connectivity index (χ0n) is 11.7. The predicted molar refractivity (Wildman–Crippen MR) is 79.0 cm³/mol. The van der Waals surface area contributed by atoms with Gasteiger partial charge in [-0.2, -0.15) is 4.31 Å². The highest BCUT2D eigenvalue weighted by Gasteiger charge is 2.33. The Morgan fingerprint density at radius 1 is 1.33 bits per heavy atom. The normalized spacial score (nSPS) is 20.0. The van der Waals surface area contributed by atoms with Crippen LogP contribution in [-0.2, 0) is 10.0 Å². The Balaban J connectivity index is 0.00000220. The molecule has 1 fully saturated rings. The van der Waals surface area contributed by atoms with E-state index in [-0.39, 0.29) is 24.9 Å². The standard InChI is InChI=1S/C13H18F2N2O2S.ClH/c1-16-8-10-4-3-7-17(9-10)20(18,19)13-11(14)5-2-6-12(13)15;/h2,5-6,10,16H,3-4,7-9H2,1H3;1H. The van der Waals surface area contributed by atoms with Gasteiger partial charge in [-0.1, -0.05) is 6.07 Å². The largest absolute Gasteiger partial charge is 0.319 e. The van der Waals surface area contributed by atoms with Crippen molar-refractivity contribution in [2.45, 2.75) is 17.7 Å². The molecule has 1 aliphatic rings. The summed E-state index contributed by atoms with van der Waals surface area (Å²) in [4.78, 5) is -0.842. The predicted octanol–water partition coefficient (Wildman–Crippen LogP) is 2.01. The molecule has 1 N–H and O–H groups in total. The summed E-state index contributed by atoms with van der Waals surface area (Å²) < 4.78 is 53.4. The Hall–Kier alpha value is -0.760. The molecule has 1 aliphatic heterocycles. The van der Waals surface area contributed by atoms with Gasteiger partial charge < -0.3 is 5.32 Å². The molecular formula is C13H19ClF2N2O2S. The third kappa shape index (κ3) is 3.91. The third-order valence-electron chi connectivity index (χ3n) is 3.49. The lowest BCUT2D eigenvalue weighted by Gasteiger charge is -2.31. The summed E-state index contributed by atoms with van der Waals surface area (Å²) in [6.07, 6.45) is 1.61. The number of hydrogen-bond acceptors (Lipinski definition) is 3. The number of hydrogen-bond donors (Lipinski definition) is 1. The molecule has 1 aromatic rings. The van der Waals surface area contributed by atoms with Crippen LogP contribution in [0.2, 0.25) is 0 Å². The topological polar surface area (TPSA) is 49.4 Å². The van der Waals surface area contributed by atoms with E-state index in [1.807, 2.05) is 0 Å². The molecule has 0 bridgehead atoms. The molecule has 0 spiro atoms. The Morgan fingerprint density at radius 2 is 1.95 bits per heavy atom. The van der Waals surface area contributed by atoms with Crippen LogP contribution < -0.4 is 5.32 Å². The van der Waals surface area contributed by atoms with E-state index in [2.05, 4.69) is 5.32 Å². The maximum atomic E-state index is 13.7. The minimum atomic E-state index is -4.12. The van der Waals surface area contributed by atoms with Gasteiger partial charge in [-0.25, -0.2) is 17.2 Å². The van der Waals surface area contributed by atoms with Gasteiger partial charge in [-0.15, -0.1) is 12.4 Å². The zero-order chi connectivity index (χ0) is 14.8. The minimum Gasteiger partial charge on any atom is -0.319 e. The average Bonchev–Trinajstić information content (AvgIpc) is 2.39. The van der Waals surface area contributed by atoms with Crippen molar-refractivity contribution in [1.82, 2.24) is 9.62 Å². The Kier molecular flexibility index (Phi) is 6.52. The first-order valence-electron chi connectivity index (χ1n) is 6.55. The summed E-state index contributed by atoms with van der Waals surface area (Å²) >= 11 is 0. The van der Waals surface area contributed by atoms with Gasteiger partial charge in [0, 0.05) is 13.1 Å². The highest BCUT2D eigenvalue weighted by Crippen LogP contribution is 2.26. The average molecular weight is 341 g/mol. The number of piperidine rings is 1. The second kappa shape index (κ2) is 7.49. The monoisotopic (exact) mass is 340 g/mol. The maximum absolute atomic E-state index is 13.7. The summed E-state index contributed by atoms with van der Waals surface area (Å²) in [5.74, 6) is -1.92. The Bertz CT molecular complexity index is 561. The number of sulfonamides is 1. The highest BCUT2D eigenvalue weighted by molar-refractivity contribution is 7.89. The van der Waals surface area contributed by atoms with Gasteiger partial charge >= 0.3 is 0 Å². The fraction of sp³-hybridized carbons (Fsp3) is 0.538. The van der Waals surface area contributed by atoms with Crippen molar-refractivity contribution in [2.75, 3.05) is 26.7 Å². The SMILES string of the molecule is CNCC1CCCN(S(=O)(=O)c2c(F)cccc2F)C1.Cl. The summed E-state index contributed by atoms with van der Waals surface area (Å²) in [6, 6.07) is 3.08. The Morgan fingerprint density at radius 3 is 2.52 bits per heavy atom. The number of nitrogens with one attached hydrogen (secondary N) is 1. The van der Waals surface area contributed by atoms with Gasteiger partial charge in [-0.05, 0) is 44.5 Å². The van der Waals surface area contributed by atoms with Crippen LogP contribution in [0.5, 0.6) is 0 Å². The maximum Gasteiger partial charge on any atom is 0.248 e. The fourth-order valence-corrected chi connectivity index (χ4v) is 4.22. The molecule has 1 heterocycles. The van der Waals surface area contributed by atoms with Crippen molar-refractivity contribution in [3.63, 3.8) is 0 Å². The van der Waals surface area contributed by atoms with Crippen LogP contribution in [0.1, 0.15) is 12.8 Å². The molecule has 8 heteroatoms. The van der Waals surface area contributed by atoms with Crippen LogP contribution in [0.15, 0.2) is 23.1 Å². The molecule has 1 unspecified atom stereocenters.